The molecule has 180 valence electrons. The summed E-state index contributed by atoms with van der Waals surface area (Å²) in [6, 6.07) is 8.08. The molecule has 1 fully saturated rings. The van der Waals surface area contributed by atoms with E-state index in [9.17, 15) is 40.2 Å². The number of aromatic hydroxyl groups is 2. The number of aliphatic hydroxyl groups excluding tert-OH is 3. The first-order valence-electron chi connectivity index (χ1n) is 9.88. The number of fused-ring (bicyclic) bond motifs is 1. The second-order valence-electron chi connectivity index (χ2n) is 7.50. The number of phenols is 2. The number of carboxylic acid groups (broad SMARTS) is 1. The molecule has 0 saturated carbocycles. The summed E-state index contributed by atoms with van der Waals surface area (Å²) in [6.07, 6.45) is -9.42. The fourth-order valence-electron chi connectivity index (χ4n) is 3.59. The van der Waals surface area contributed by atoms with Gasteiger partial charge < -0.3 is 49.3 Å². The summed E-state index contributed by atoms with van der Waals surface area (Å²) >= 11 is 0. The number of ether oxygens (including phenoxy) is 3. The monoisotopic (exact) mass is 476 g/mol. The minimum Gasteiger partial charge on any atom is -0.508 e. The highest BCUT2D eigenvalue weighted by Crippen LogP contribution is 2.43. The molecule has 0 radical (unpaired) electrons. The standard InChI is InChI=1S/C22H20O12/c1-31-19-13(33-22-18(28)16(26)17(27)20(34-22)21(29)30)7-12-14(15(19)25)10(24)6-11(32-12)8-2-4-9(23)5-3-8/h2-7,16-18,20,22-23,25-28H,1H3,(H,29,30)/t16-,17-,18+,20-,22?/m0/s1. The molecule has 5 atom stereocenters. The van der Waals surface area contributed by atoms with Gasteiger partial charge >= 0.3 is 5.97 Å². The lowest BCUT2D eigenvalue weighted by atomic mass is 9.99. The van der Waals surface area contributed by atoms with Crippen LogP contribution in [-0.4, -0.2) is 74.4 Å². The van der Waals surface area contributed by atoms with E-state index in [0.717, 1.165) is 19.2 Å². The molecule has 6 N–H and O–H groups in total. The lowest BCUT2D eigenvalue weighted by molar-refractivity contribution is -0.271. The summed E-state index contributed by atoms with van der Waals surface area (Å²) in [7, 11) is 1.16. The van der Waals surface area contributed by atoms with Crippen molar-refractivity contribution in [3.05, 3.63) is 46.6 Å². The van der Waals surface area contributed by atoms with Crippen molar-refractivity contribution in [2.75, 3.05) is 7.11 Å². The third-order valence-corrected chi connectivity index (χ3v) is 5.32. The lowest BCUT2D eigenvalue weighted by Gasteiger charge is -2.38. The van der Waals surface area contributed by atoms with Crippen molar-refractivity contribution in [3.8, 4) is 34.3 Å². The predicted octanol–water partition coefficient (Wildman–Crippen LogP) is 0.151. The maximum atomic E-state index is 12.7. The second kappa shape index (κ2) is 8.83. The molecule has 3 aromatic rings. The Balaban J connectivity index is 1.80. The van der Waals surface area contributed by atoms with Crippen molar-refractivity contribution in [3.63, 3.8) is 0 Å². The third-order valence-electron chi connectivity index (χ3n) is 5.32. The number of rotatable bonds is 5. The van der Waals surface area contributed by atoms with Crippen molar-refractivity contribution in [1.29, 1.82) is 0 Å². The van der Waals surface area contributed by atoms with Crippen LogP contribution in [0.25, 0.3) is 22.3 Å². The Hall–Kier alpha value is -3.84. The van der Waals surface area contributed by atoms with Crippen LogP contribution >= 0.6 is 0 Å². The first-order valence-corrected chi connectivity index (χ1v) is 9.88. The molecule has 1 aliphatic rings. The molecule has 1 saturated heterocycles. The molecule has 0 bridgehead atoms. The fraction of sp³-hybridized carbons (Fsp3) is 0.273. The first kappa shape index (κ1) is 23.3. The van der Waals surface area contributed by atoms with E-state index in [-0.39, 0.29) is 34.0 Å². The predicted molar refractivity (Wildman–Crippen MR) is 113 cm³/mol. The largest absolute Gasteiger partial charge is 0.508 e. The average molecular weight is 476 g/mol. The van der Waals surface area contributed by atoms with Crippen molar-refractivity contribution < 1.29 is 54.1 Å². The number of carboxylic acids is 1. The SMILES string of the molecule is COc1c(OC2O[C@H](C(=O)O)[C@@H](O)[C@H](O)[C@H]2O)cc2oc(-c3ccc(O)cc3)cc(=O)c2c1O. The van der Waals surface area contributed by atoms with Crippen molar-refractivity contribution >= 4 is 16.9 Å². The van der Waals surface area contributed by atoms with Gasteiger partial charge in [0.15, 0.2) is 23.0 Å². The normalized spacial score (nSPS) is 24.6. The van der Waals surface area contributed by atoms with Crippen LogP contribution in [0.3, 0.4) is 0 Å². The van der Waals surface area contributed by atoms with Crippen LogP contribution in [-0.2, 0) is 9.53 Å². The first-order chi connectivity index (χ1) is 16.1. The smallest absolute Gasteiger partial charge is 0.335 e. The Bertz CT molecular complexity index is 1280. The van der Waals surface area contributed by atoms with Crippen LogP contribution in [0, 0.1) is 0 Å². The molecule has 34 heavy (non-hydrogen) atoms. The summed E-state index contributed by atoms with van der Waals surface area (Å²) < 4.78 is 21.4. The van der Waals surface area contributed by atoms with E-state index in [4.69, 9.17) is 18.6 Å². The summed E-state index contributed by atoms with van der Waals surface area (Å²) in [5.74, 6) is -2.81. The molecule has 0 aliphatic carbocycles. The summed E-state index contributed by atoms with van der Waals surface area (Å²) in [4.78, 5) is 24.1. The maximum Gasteiger partial charge on any atom is 0.335 e. The van der Waals surface area contributed by atoms with Crippen LogP contribution in [0.1, 0.15) is 0 Å². The zero-order chi connectivity index (χ0) is 24.7. The van der Waals surface area contributed by atoms with Crippen molar-refractivity contribution in [1.82, 2.24) is 0 Å². The van der Waals surface area contributed by atoms with Crippen molar-refractivity contribution in [2.24, 2.45) is 0 Å². The number of hydrogen-bond donors (Lipinski definition) is 6. The Labute approximate surface area is 190 Å². The van der Waals surface area contributed by atoms with Gasteiger partial charge in [-0.1, -0.05) is 0 Å². The van der Waals surface area contributed by atoms with Gasteiger partial charge in [0.05, 0.1) is 7.11 Å². The van der Waals surface area contributed by atoms with Crippen LogP contribution in [0.2, 0.25) is 0 Å². The zero-order valence-corrected chi connectivity index (χ0v) is 17.5. The van der Waals surface area contributed by atoms with Gasteiger partial charge in [0.2, 0.25) is 12.0 Å². The van der Waals surface area contributed by atoms with E-state index in [0.29, 0.717) is 5.56 Å². The summed E-state index contributed by atoms with van der Waals surface area (Å²) in [5, 5.41) is 59.1. The summed E-state index contributed by atoms with van der Waals surface area (Å²) in [6.45, 7) is 0. The Kier molecular flexibility index (Phi) is 6.06. The molecule has 2 aromatic carbocycles. The molecule has 1 aliphatic heterocycles. The topological polar surface area (TPSA) is 196 Å². The van der Waals surface area contributed by atoms with Gasteiger partial charge in [0, 0.05) is 17.7 Å². The van der Waals surface area contributed by atoms with Gasteiger partial charge in [-0.3, -0.25) is 4.79 Å². The van der Waals surface area contributed by atoms with Gasteiger partial charge in [0.1, 0.15) is 40.8 Å². The maximum absolute atomic E-state index is 12.7. The van der Waals surface area contributed by atoms with Crippen LogP contribution < -0.4 is 14.9 Å². The van der Waals surface area contributed by atoms with Gasteiger partial charge in [-0.05, 0) is 24.3 Å². The molecule has 12 heteroatoms. The van der Waals surface area contributed by atoms with Gasteiger partial charge in [-0.25, -0.2) is 4.79 Å². The quantitative estimate of drug-likeness (QED) is 0.292. The van der Waals surface area contributed by atoms with Crippen LogP contribution in [0.15, 0.2) is 45.6 Å². The number of methoxy groups -OCH3 is 1. The summed E-state index contributed by atoms with van der Waals surface area (Å²) in [5.41, 5.74) is -0.323. The van der Waals surface area contributed by atoms with Gasteiger partial charge in [0.25, 0.3) is 0 Å². The van der Waals surface area contributed by atoms with E-state index in [1.54, 1.807) is 0 Å². The molecule has 0 amide bonds. The van der Waals surface area contributed by atoms with E-state index in [1.165, 1.54) is 24.3 Å². The van der Waals surface area contributed by atoms with E-state index >= 15 is 0 Å². The zero-order valence-electron chi connectivity index (χ0n) is 17.5. The Morgan fingerprint density at radius 1 is 1.00 bits per heavy atom. The molecule has 1 unspecified atom stereocenters. The minimum atomic E-state index is -1.93. The van der Waals surface area contributed by atoms with Gasteiger partial charge in [-0.15, -0.1) is 0 Å². The Morgan fingerprint density at radius 2 is 1.68 bits per heavy atom. The molecular formula is C22H20O12. The molecular weight excluding hydrogens is 456 g/mol. The fourth-order valence-corrected chi connectivity index (χ4v) is 3.59. The third kappa shape index (κ3) is 3.99. The molecule has 0 spiro atoms. The number of aliphatic hydroxyl groups is 3. The number of hydrogen-bond acceptors (Lipinski definition) is 11. The number of benzene rings is 2. The van der Waals surface area contributed by atoms with E-state index in [1.807, 2.05) is 0 Å². The number of aliphatic carboxylic acids is 1. The van der Waals surface area contributed by atoms with Gasteiger partial charge in [-0.2, -0.15) is 0 Å². The minimum absolute atomic E-state index is 0.00274. The molecule has 4 rings (SSSR count). The van der Waals surface area contributed by atoms with Crippen LogP contribution in [0.4, 0.5) is 0 Å². The highest BCUT2D eigenvalue weighted by Gasteiger charge is 2.48. The lowest BCUT2D eigenvalue weighted by Crippen LogP contribution is -2.61. The second-order valence-corrected chi connectivity index (χ2v) is 7.50. The van der Waals surface area contributed by atoms with Crippen molar-refractivity contribution in [2.45, 2.75) is 30.7 Å². The number of carbonyl (C=O) groups is 1. The average Bonchev–Trinajstić information content (AvgIpc) is 2.79. The van der Waals surface area contributed by atoms with Crippen LogP contribution in [0.5, 0.6) is 23.0 Å². The highest BCUT2D eigenvalue weighted by molar-refractivity contribution is 5.89. The Morgan fingerprint density at radius 3 is 2.29 bits per heavy atom. The van der Waals surface area contributed by atoms with E-state index < -0.39 is 47.9 Å². The molecule has 2 heterocycles. The van der Waals surface area contributed by atoms with E-state index in [2.05, 4.69) is 0 Å². The number of phenolic OH excluding ortho intramolecular Hbond substituents is 2. The molecule has 12 nitrogen and oxygen atoms in total. The highest BCUT2D eigenvalue weighted by atomic mass is 16.7. The molecule has 1 aromatic heterocycles.